The van der Waals surface area contributed by atoms with Gasteiger partial charge in [0.25, 0.3) is 11.0 Å². The lowest BCUT2D eigenvalue weighted by Gasteiger charge is -2.34. The summed E-state index contributed by atoms with van der Waals surface area (Å²) in [7, 11) is -3.66. The van der Waals surface area contributed by atoms with Crippen LogP contribution in [-0.4, -0.2) is 70.8 Å². The van der Waals surface area contributed by atoms with E-state index in [-0.39, 0.29) is 23.6 Å². The Hall–Kier alpha value is -2.27. The number of aromatic nitrogens is 4. The van der Waals surface area contributed by atoms with Gasteiger partial charge >= 0.3 is 6.09 Å². The molecule has 24 heavy (non-hydrogen) atoms. The summed E-state index contributed by atoms with van der Waals surface area (Å²) in [6, 6.07) is 0.175. The summed E-state index contributed by atoms with van der Waals surface area (Å²) >= 11 is 0. The number of nitrogens with one attached hydrogen (secondary N) is 2. The molecule has 10 nitrogen and oxygen atoms in total. The molecule has 128 valence electrons. The number of hydrogen-bond acceptors (Lipinski definition) is 8. The van der Waals surface area contributed by atoms with Crippen LogP contribution in [0.15, 0.2) is 11.5 Å². The first-order valence-corrected chi connectivity index (χ1v) is 9.44. The Bertz CT molecular complexity index is 894. The van der Waals surface area contributed by atoms with E-state index in [4.69, 9.17) is 4.74 Å². The molecule has 0 saturated carbocycles. The minimum absolute atomic E-state index is 0.0877. The van der Waals surface area contributed by atoms with E-state index >= 15 is 0 Å². The fourth-order valence-electron chi connectivity index (χ4n) is 3.24. The first-order valence-electron chi connectivity index (χ1n) is 7.55. The normalized spacial score (nSPS) is 23.6. The van der Waals surface area contributed by atoms with Gasteiger partial charge in [0.15, 0.2) is 5.65 Å². The third-order valence-electron chi connectivity index (χ3n) is 4.34. The average molecular weight is 352 g/mol. The van der Waals surface area contributed by atoms with Crippen LogP contribution < -0.4 is 10.1 Å². The van der Waals surface area contributed by atoms with Crippen molar-refractivity contribution >= 4 is 27.1 Å². The van der Waals surface area contributed by atoms with Crippen molar-refractivity contribution in [3.63, 3.8) is 0 Å². The van der Waals surface area contributed by atoms with E-state index in [0.29, 0.717) is 5.52 Å². The topological polar surface area (TPSA) is 130 Å². The third-order valence-corrected chi connectivity index (χ3v) is 5.18. The van der Waals surface area contributed by atoms with Gasteiger partial charge in [-0.1, -0.05) is 0 Å². The number of piperazine rings is 1. The molecule has 0 aliphatic carbocycles. The van der Waals surface area contributed by atoms with Gasteiger partial charge in [-0.15, -0.1) is 0 Å². The summed E-state index contributed by atoms with van der Waals surface area (Å²) in [5.41, 5.74) is 0.426. The average Bonchev–Trinajstić information content (AvgIpc) is 3.09. The first-order chi connectivity index (χ1) is 11.4. The van der Waals surface area contributed by atoms with Crippen LogP contribution in [0.5, 0.6) is 5.88 Å². The molecular formula is C13H16N6O4S. The summed E-state index contributed by atoms with van der Waals surface area (Å²) in [6.45, 7) is 1.45. The molecule has 4 rings (SSSR count). The molecule has 11 heteroatoms. The summed E-state index contributed by atoms with van der Waals surface area (Å²) in [5.74, 6) is -0.124. The zero-order valence-corrected chi connectivity index (χ0v) is 13.7. The number of rotatable bonds is 2. The van der Waals surface area contributed by atoms with Gasteiger partial charge in [0.1, 0.15) is 5.52 Å². The number of H-pyrrole nitrogens is 1. The summed E-state index contributed by atoms with van der Waals surface area (Å²) in [4.78, 5) is 28.8. The second kappa shape index (κ2) is 5.38. The Morgan fingerprint density at radius 2 is 2.00 bits per heavy atom. The molecule has 0 spiro atoms. The van der Waals surface area contributed by atoms with E-state index in [0.717, 1.165) is 32.2 Å². The van der Waals surface area contributed by atoms with Gasteiger partial charge in [-0.25, -0.2) is 18.2 Å². The molecule has 0 aromatic carbocycles. The van der Waals surface area contributed by atoms with Crippen molar-refractivity contribution in [2.75, 3.05) is 19.3 Å². The maximum Gasteiger partial charge on any atom is 0.417 e. The highest BCUT2D eigenvalue weighted by molar-refractivity contribution is 7.90. The Morgan fingerprint density at radius 1 is 1.29 bits per heavy atom. The summed E-state index contributed by atoms with van der Waals surface area (Å²) < 4.78 is 28.9. The van der Waals surface area contributed by atoms with Crippen LogP contribution in [0.3, 0.4) is 0 Å². The number of carbonyl (C=O) groups excluding carboxylic acids is 1. The molecule has 2 aliphatic rings. The van der Waals surface area contributed by atoms with Crippen molar-refractivity contribution in [2.24, 2.45) is 0 Å². The maximum absolute atomic E-state index is 12.6. The molecule has 2 saturated heterocycles. The molecule has 0 radical (unpaired) electrons. The second-order valence-corrected chi connectivity index (χ2v) is 7.91. The van der Waals surface area contributed by atoms with Gasteiger partial charge in [0, 0.05) is 31.4 Å². The maximum atomic E-state index is 12.6. The highest BCUT2D eigenvalue weighted by Crippen LogP contribution is 2.29. The van der Waals surface area contributed by atoms with Crippen LogP contribution in [0.2, 0.25) is 0 Å². The van der Waals surface area contributed by atoms with Crippen molar-refractivity contribution in [3.05, 3.63) is 6.33 Å². The molecule has 1 amide bonds. The minimum Gasteiger partial charge on any atom is -0.389 e. The number of sulfone groups is 1. The molecule has 2 aromatic heterocycles. The van der Waals surface area contributed by atoms with Crippen LogP contribution in [0, 0.1) is 0 Å². The molecule has 2 atom stereocenters. The molecule has 2 aliphatic heterocycles. The lowest BCUT2D eigenvalue weighted by Crippen LogP contribution is -2.55. The molecule has 2 fully saturated rings. The highest BCUT2D eigenvalue weighted by Gasteiger charge is 2.41. The summed E-state index contributed by atoms with van der Waals surface area (Å²) in [5, 5.41) is 2.86. The molecule has 2 N–H and O–H groups in total. The molecular weight excluding hydrogens is 336 g/mol. The zero-order chi connectivity index (χ0) is 16.9. The monoisotopic (exact) mass is 352 g/mol. The summed E-state index contributed by atoms with van der Waals surface area (Å²) in [6.07, 6.45) is 3.65. The SMILES string of the molecule is CS(=O)(=O)c1nc(OC(=O)N2C3CCC2CNC3)c2[nH]cnc2n1. The largest absolute Gasteiger partial charge is 0.417 e. The van der Waals surface area contributed by atoms with Crippen LogP contribution in [0.1, 0.15) is 12.8 Å². The van der Waals surface area contributed by atoms with E-state index in [1.807, 2.05) is 0 Å². The number of amides is 1. The fourth-order valence-corrected chi connectivity index (χ4v) is 3.74. The minimum atomic E-state index is -3.66. The number of carbonyl (C=O) groups is 1. The fraction of sp³-hybridized carbons (Fsp3) is 0.538. The smallest absolute Gasteiger partial charge is 0.389 e. The van der Waals surface area contributed by atoms with Crippen LogP contribution >= 0.6 is 0 Å². The van der Waals surface area contributed by atoms with E-state index in [1.54, 1.807) is 4.90 Å². The van der Waals surface area contributed by atoms with Gasteiger partial charge in [-0.2, -0.15) is 9.97 Å². The number of imidazole rings is 1. The third kappa shape index (κ3) is 2.49. The number of ether oxygens (including phenoxy) is 1. The van der Waals surface area contributed by atoms with Gasteiger partial charge in [0.2, 0.25) is 9.84 Å². The zero-order valence-electron chi connectivity index (χ0n) is 12.9. The number of fused-ring (bicyclic) bond motifs is 3. The lowest BCUT2D eigenvalue weighted by molar-refractivity contribution is 0.114. The van der Waals surface area contributed by atoms with E-state index in [1.165, 1.54) is 6.33 Å². The quantitative estimate of drug-likeness (QED) is 0.704. The Labute approximate surface area is 137 Å². The molecule has 2 aromatic rings. The van der Waals surface area contributed by atoms with E-state index < -0.39 is 21.1 Å². The number of aromatic amines is 1. The molecule has 2 bridgehead atoms. The molecule has 4 heterocycles. The van der Waals surface area contributed by atoms with Crippen molar-refractivity contribution < 1.29 is 17.9 Å². The Morgan fingerprint density at radius 3 is 2.67 bits per heavy atom. The van der Waals surface area contributed by atoms with Crippen molar-refractivity contribution in [3.8, 4) is 5.88 Å². The van der Waals surface area contributed by atoms with Crippen LogP contribution in [0.4, 0.5) is 4.79 Å². The molecule has 2 unspecified atom stereocenters. The van der Waals surface area contributed by atoms with Gasteiger partial charge in [-0.05, 0) is 12.8 Å². The van der Waals surface area contributed by atoms with E-state index in [2.05, 4.69) is 25.3 Å². The van der Waals surface area contributed by atoms with Gasteiger partial charge < -0.3 is 15.0 Å². The van der Waals surface area contributed by atoms with Gasteiger partial charge in [0.05, 0.1) is 6.33 Å². The predicted octanol–water partition coefficient (Wildman–Crippen LogP) is -0.309. The van der Waals surface area contributed by atoms with Crippen molar-refractivity contribution in [1.29, 1.82) is 0 Å². The van der Waals surface area contributed by atoms with Crippen molar-refractivity contribution in [1.82, 2.24) is 30.2 Å². The van der Waals surface area contributed by atoms with Crippen LogP contribution in [-0.2, 0) is 9.84 Å². The first kappa shape index (κ1) is 15.3. The van der Waals surface area contributed by atoms with Crippen molar-refractivity contribution in [2.45, 2.75) is 30.1 Å². The number of hydrogen-bond donors (Lipinski definition) is 2. The lowest BCUT2D eigenvalue weighted by atomic mass is 10.2. The van der Waals surface area contributed by atoms with Gasteiger partial charge in [-0.3, -0.25) is 4.90 Å². The number of nitrogens with zero attached hydrogens (tertiary/aromatic N) is 4. The standard InChI is InChI=1S/C13H16N6O4S/c1-24(21,22)12-17-10-9(15-6-16-10)11(18-12)23-13(20)19-7-2-3-8(19)5-14-4-7/h6-8,14H,2-5H2,1H3,(H,15,16,17,18). The predicted molar refractivity (Wildman–Crippen MR) is 82.3 cm³/mol. The van der Waals surface area contributed by atoms with E-state index in [9.17, 15) is 13.2 Å². The highest BCUT2D eigenvalue weighted by atomic mass is 32.2. The Balaban J connectivity index is 1.69. The van der Waals surface area contributed by atoms with Crippen LogP contribution in [0.25, 0.3) is 11.2 Å². The second-order valence-electron chi connectivity index (χ2n) is 6.00. The Kier molecular flexibility index (Phi) is 3.42.